The second-order valence-electron chi connectivity index (χ2n) is 4.86. The zero-order chi connectivity index (χ0) is 16.2. The highest BCUT2D eigenvalue weighted by molar-refractivity contribution is 9.10. The van der Waals surface area contributed by atoms with Crippen LogP contribution in [0, 0.1) is 0 Å². The average molecular weight is 389 g/mol. The van der Waals surface area contributed by atoms with Gasteiger partial charge in [0.15, 0.2) is 0 Å². The second-order valence-corrected chi connectivity index (χ2v) is 6.77. The lowest BCUT2D eigenvalue weighted by molar-refractivity contribution is -0.122. The Kier molecular flexibility index (Phi) is 4.83. The number of carbonyl (C=O) groups excluding carboxylic acids is 2. The van der Waals surface area contributed by atoms with Crippen molar-refractivity contribution in [3.8, 4) is 0 Å². The highest BCUT2D eigenvalue weighted by Crippen LogP contribution is 2.32. The van der Waals surface area contributed by atoms with Crippen molar-refractivity contribution in [1.82, 2.24) is 4.90 Å². The van der Waals surface area contributed by atoms with E-state index in [4.69, 9.17) is 0 Å². The Bertz CT molecular complexity index is 760. The Hall–Kier alpha value is -2.05. The van der Waals surface area contributed by atoms with Crippen LogP contribution in [0.1, 0.15) is 5.56 Å². The molecule has 0 bridgehead atoms. The first kappa shape index (κ1) is 15.8. The van der Waals surface area contributed by atoms with Crippen LogP contribution in [0.4, 0.5) is 10.5 Å². The molecule has 0 saturated carbocycles. The number of anilines is 1. The van der Waals surface area contributed by atoms with E-state index >= 15 is 0 Å². The van der Waals surface area contributed by atoms with E-state index in [2.05, 4.69) is 21.2 Å². The van der Waals surface area contributed by atoms with Crippen molar-refractivity contribution in [2.75, 3.05) is 12.0 Å². The van der Waals surface area contributed by atoms with Crippen LogP contribution < -0.4 is 5.32 Å². The van der Waals surface area contributed by atoms with Gasteiger partial charge in [-0.05, 0) is 47.7 Å². The van der Waals surface area contributed by atoms with Crippen molar-refractivity contribution in [2.45, 2.75) is 0 Å². The van der Waals surface area contributed by atoms with Gasteiger partial charge < -0.3 is 5.32 Å². The van der Waals surface area contributed by atoms with E-state index in [1.807, 2.05) is 54.6 Å². The van der Waals surface area contributed by atoms with Gasteiger partial charge in [-0.2, -0.15) is 0 Å². The monoisotopic (exact) mass is 388 g/mol. The summed E-state index contributed by atoms with van der Waals surface area (Å²) in [5.41, 5.74) is 1.75. The van der Waals surface area contributed by atoms with Gasteiger partial charge in [-0.15, -0.1) is 0 Å². The summed E-state index contributed by atoms with van der Waals surface area (Å²) >= 11 is 4.33. The summed E-state index contributed by atoms with van der Waals surface area (Å²) in [4.78, 5) is 26.1. The lowest BCUT2D eigenvalue weighted by Crippen LogP contribution is -2.33. The summed E-state index contributed by atoms with van der Waals surface area (Å²) in [7, 11) is 0. The number of thioether (sulfide) groups is 1. The summed E-state index contributed by atoms with van der Waals surface area (Å²) in [5.74, 6) is -0.270. The molecule has 3 rings (SSSR count). The van der Waals surface area contributed by atoms with Gasteiger partial charge in [-0.3, -0.25) is 14.5 Å². The van der Waals surface area contributed by atoms with Gasteiger partial charge in [0.25, 0.3) is 11.1 Å². The second kappa shape index (κ2) is 7.02. The quantitative estimate of drug-likeness (QED) is 0.780. The minimum Gasteiger partial charge on any atom is -0.367 e. The predicted molar refractivity (Wildman–Crippen MR) is 96.9 cm³/mol. The van der Waals surface area contributed by atoms with E-state index in [-0.39, 0.29) is 17.8 Å². The van der Waals surface area contributed by atoms with Crippen LogP contribution in [0.3, 0.4) is 0 Å². The number of halogens is 1. The fraction of sp³-hybridized carbons (Fsp3) is 0.0588. The number of hydrogen-bond acceptors (Lipinski definition) is 4. The van der Waals surface area contributed by atoms with Gasteiger partial charge >= 0.3 is 0 Å². The summed E-state index contributed by atoms with van der Waals surface area (Å²) in [6.45, 7) is 0.151. The minimum absolute atomic E-state index is 0.151. The third kappa shape index (κ3) is 3.83. The van der Waals surface area contributed by atoms with Crippen LogP contribution in [-0.2, 0) is 4.79 Å². The molecule has 2 amide bonds. The number of rotatable bonds is 4. The summed E-state index contributed by atoms with van der Waals surface area (Å²) < 4.78 is 0.972. The third-order valence-electron chi connectivity index (χ3n) is 3.26. The first-order valence-electron chi connectivity index (χ1n) is 6.93. The highest BCUT2D eigenvalue weighted by atomic mass is 79.9. The van der Waals surface area contributed by atoms with Crippen molar-refractivity contribution < 1.29 is 9.59 Å². The normalized spacial score (nSPS) is 16.2. The summed E-state index contributed by atoms with van der Waals surface area (Å²) in [6, 6.07) is 17.0. The lowest BCUT2D eigenvalue weighted by Gasteiger charge is -2.14. The molecule has 2 aromatic carbocycles. The van der Waals surface area contributed by atoms with Crippen molar-refractivity contribution in [3.05, 3.63) is 69.5 Å². The molecule has 6 heteroatoms. The van der Waals surface area contributed by atoms with E-state index in [9.17, 15) is 9.59 Å². The molecule has 1 saturated heterocycles. The molecule has 1 N–H and O–H groups in total. The largest absolute Gasteiger partial charge is 0.367 e. The molecule has 0 spiro atoms. The summed E-state index contributed by atoms with van der Waals surface area (Å²) in [5, 5.41) is 2.82. The fourth-order valence-electron chi connectivity index (χ4n) is 2.08. The van der Waals surface area contributed by atoms with Crippen LogP contribution >= 0.6 is 27.7 Å². The molecular weight excluding hydrogens is 376 g/mol. The number of nitrogens with one attached hydrogen (secondary N) is 1. The number of carbonyl (C=O) groups is 2. The first-order valence-corrected chi connectivity index (χ1v) is 8.54. The minimum atomic E-state index is -0.270. The molecule has 0 aromatic heterocycles. The zero-order valence-electron chi connectivity index (χ0n) is 12.0. The molecule has 1 fully saturated rings. The molecule has 0 radical (unpaired) electrons. The molecule has 4 nitrogen and oxygen atoms in total. The molecule has 23 heavy (non-hydrogen) atoms. The molecule has 1 aliphatic rings. The SMILES string of the molecule is O=C1SC(=Cc2ccccc2)C(=O)N1CNc1ccc(Br)cc1. The maximum atomic E-state index is 12.4. The Morgan fingerprint density at radius 2 is 1.74 bits per heavy atom. The van der Waals surface area contributed by atoms with Crippen molar-refractivity contribution >= 4 is 50.6 Å². The fourth-order valence-corrected chi connectivity index (χ4v) is 3.18. The topological polar surface area (TPSA) is 49.4 Å². The molecule has 0 unspecified atom stereocenters. The van der Waals surface area contributed by atoms with Gasteiger partial charge in [0.1, 0.15) is 0 Å². The van der Waals surface area contributed by atoms with Crippen molar-refractivity contribution in [3.63, 3.8) is 0 Å². The third-order valence-corrected chi connectivity index (χ3v) is 4.69. The smallest absolute Gasteiger partial charge is 0.295 e. The molecule has 0 atom stereocenters. The molecule has 0 aliphatic carbocycles. The van der Waals surface area contributed by atoms with Gasteiger partial charge in [-0.1, -0.05) is 46.3 Å². The van der Waals surface area contributed by atoms with Crippen LogP contribution in [0.25, 0.3) is 6.08 Å². The van der Waals surface area contributed by atoms with E-state index < -0.39 is 0 Å². The molecule has 116 valence electrons. The van der Waals surface area contributed by atoms with Crippen LogP contribution in [-0.4, -0.2) is 22.7 Å². The first-order chi connectivity index (χ1) is 11.1. The average Bonchev–Trinajstić information content (AvgIpc) is 2.82. The number of imide groups is 1. The molecular formula is C17H13BrN2O2S. The van der Waals surface area contributed by atoms with Crippen molar-refractivity contribution in [2.24, 2.45) is 0 Å². The van der Waals surface area contributed by atoms with E-state index in [1.165, 1.54) is 4.90 Å². The lowest BCUT2D eigenvalue weighted by atomic mass is 10.2. The standard InChI is InChI=1S/C17H13BrN2O2S/c18-13-6-8-14(9-7-13)19-11-20-16(21)15(23-17(20)22)10-12-4-2-1-3-5-12/h1-10,19H,11H2. The van der Waals surface area contributed by atoms with E-state index in [1.54, 1.807) is 6.08 Å². The number of nitrogens with zero attached hydrogens (tertiary/aromatic N) is 1. The van der Waals surface area contributed by atoms with Crippen molar-refractivity contribution in [1.29, 1.82) is 0 Å². The number of amides is 2. The van der Waals surface area contributed by atoms with Crippen LogP contribution in [0.5, 0.6) is 0 Å². The molecule has 1 aliphatic heterocycles. The predicted octanol–water partition coefficient (Wildman–Crippen LogP) is 4.56. The maximum absolute atomic E-state index is 12.4. The Labute approximate surface area is 146 Å². The number of hydrogen-bond donors (Lipinski definition) is 1. The highest BCUT2D eigenvalue weighted by Gasteiger charge is 2.34. The van der Waals surface area contributed by atoms with Gasteiger partial charge in [0.05, 0.1) is 11.6 Å². The Balaban J connectivity index is 1.69. The zero-order valence-corrected chi connectivity index (χ0v) is 14.4. The van der Waals surface area contributed by atoms with E-state index in [0.717, 1.165) is 27.5 Å². The van der Waals surface area contributed by atoms with Gasteiger partial charge in [0, 0.05) is 10.2 Å². The number of benzene rings is 2. The van der Waals surface area contributed by atoms with E-state index in [0.29, 0.717) is 4.91 Å². The molecule has 2 aromatic rings. The maximum Gasteiger partial charge on any atom is 0.295 e. The Morgan fingerprint density at radius 1 is 1.04 bits per heavy atom. The van der Waals surface area contributed by atoms with Crippen LogP contribution in [0.2, 0.25) is 0 Å². The van der Waals surface area contributed by atoms with Gasteiger partial charge in [0.2, 0.25) is 0 Å². The van der Waals surface area contributed by atoms with Crippen LogP contribution in [0.15, 0.2) is 64.0 Å². The van der Waals surface area contributed by atoms with Gasteiger partial charge in [-0.25, -0.2) is 0 Å². The summed E-state index contributed by atoms with van der Waals surface area (Å²) in [6.07, 6.45) is 1.74. The molecule has 1 heterocycles. The Morgan fingerprint density at radius 3 is 2.43 bits per heavy atom.